The van der Waals surface area contributed by atoms with Crippen molar-refractivity contribution >= 4 is 0 Å². The molecule has 2 N–H and O–H groups in total. The third kappa shape index (κ3) is 16.5. The summed E-state index contributed by atoms with van der Waals surface area (Å²) in [5.74, 6) is 0. The standard InChI is InChI=1S/C10H22.CH5N/c1-3-5-7-9-10-8-6-4-2;1-2/h3-10H2,1-2H3;2H2,1H3. The summed E-state index contributed by atoms with van der Waals surface area (Å²) in [5.41, 5.74) is 4.50. The van der Waals surface area contributed by atoms with Gasteiger partial charge in [-0.2, -0.15) is 0 Å². The van der Waals surface area contributed by atoms with Crippen LogP contribution in [0.5, 0.6) is 0 Å². The molecule has 1 heteroatoms. The van der Waals surface area contributed by atoms with Crippen LogP contribution in [0.2, 0.25) is 0 Å². The maximum atomic E-state index is 4.50. The number of unbranched alkanes of at least 4 members (excludes halogenated alkanes) is 7. The van der Waals surface area contributed by atoms with Crippen molar-refractivity contribution in [3.05, 3.63) is 0 Å². The van der Waals surface area contributed by atoms with E-state index in [-0.39, 0.29) is 0 Å². The smallest absolute Gasteiger partial charge is 0.0195 e. The molecule has 0 unspecified atom stereocenters. The molecule has 0 aromatic carbocycles. The summed E-state index contributed by atoms with van der Waals surface area (Å²) in [4.78, 5) is 0. The number of hydrogen-bond acceptors (Lipinski definition) is 1. The number of nitrogens with two attached hydrogens (primary N) is 1. The Bertz CT molecular complexity index is 45.0. The van der Waals surface area contributed by atoms with Crippen LogP contribution in [0.3, 0.4) is 0 Å². The molecule has 0 aliphatic carbocycles. The summed E-state index contributed by atoms with van der Waals surface area (Å²) in [6.45, 7) is 4.54. The van der Waals surface area contributed by atoms with Crippen LogP contribution in [0, 0.1) is 0 Å². The summed E-state index contributed by atoms with van der Waals surface area (Å²) in [5, 5.41) is 0. The molecule has 0 saturated carbocycles. The lowest BCUT2D eigenvalue weighted by molar-refractivity contribution is 0.585. The number of rotatable bonds is 7. The summed E-state index contributed by atoms with van der Waals surface area (Å²) in [6.07, 6.45) is 11.5. The Morgan fingerprint density at radius 3 is 1.08 bits per heavy atom. The first-order valence-corrected chi connectivity index (χ1v) is 5.49. The first kappa shape index (κ1) is 14.5. The highest BCUT2D eigenvalue weighted by Crippen LogP contribution is 2.07. The summed E-state index contributed by atoms with van der Waals surface area (Å²) >= 11 is 0. The molecule has 0 radical (unpaired) electrons. The highest BCUT2D eigenvalue weighted by Gasteiger charge is 1.87. The molecule has 0 saturated heterocycles. The Kier molecular flexibility index (Phi) is 20.7. The lowest BCUT2D eigenvalue weighted by Gasteiger charge is -1.97. The Morgan fingerprint density at radius 2 is 0.833 bits per heavy atom. The first-order chi connectivity index (χ1) is 5.91. The van der Waals surface area contributed by atoms with Gasteiger partial charge in [0, 0.05) is 0 Å². The van der Waals surface area contributed by atoms with Gasteiger partial charge in [-0.1, -0.05) is 65.2 Å². The second-order valence-corrected chi connectivity index (χ2v) is 3.12. The zero-order valence-electron chi connectivity index (χ0n) is 9.23. The van der Waals surface area contributed by atoms with Crippen LogP contribution in [0.15, 0.2) is 0 Å². The van der Waals surface area contributed by atoms with E-state index in [9.17, 15) is 0 Å². The van der Waals surface area contributed by atoms with Gasteiger partial charge in [-0.3, -0.25) is 0 Å². The molecule has 0 heterocycles. The largest absolute Gasteiger partial charge is 0.333 e. The molecule has 0 aliphatic rings. The van der Waals surface area contributed by atoms with Crippen molar-refractivity contribution in [2.75, 3.05) is 7.05 Å². The van der Waals surface area contributed by atoms with E-state index in [1.165, 1.54) is 58.4 Å². The van der Waals surface area contributed by atoms with Crippen LogP contribution >= 0.6 is 0 Å². The predicted molar refractivity (Wildman–Crippen MR) is 58.4 cm³/mol. The van der Waals surface area contributed by atoms with E-state index in [1.54, 1.807) is 0 Å². The van der Waals surface area contributed by atoms with Crippen molar-refractivity contribution in [3.8, 4) is 0 Å². The molecule has 0 aromatic heterocycles. The summed E-state index contributed by atoms with van der Waals surface area (Å²) in [6, 6.07) is 0. The van der Waals surface area contributed by atoms with E-state index in [1.807, 2.05) is 0 Å². The third-order valence-electron chi connectivity index (χ3n) is 1.96. The van der Waals surface area contributed by atoms with Crippen molar-refractivity contribution in [1.82, 2.24) is 0 Å². The van der Waals surface area contributed by atoms with Crippen LogP contribution in [-0.2, 0) is 0 Å². The van der Waals surface area contributed by atoms with Crippen LogP contribution < -0.4 is 5.73 Å². The van der Waals surface area contributed by atoms with E-state index in [4.69, 9.17) is 0 Å². The maximum absolute atomic E-state index is 4.50. The van der Waals surface area contributed by atoms with Gasteiger partial charge in [-0.15, -0.1) is 0 Å². The van der Waals surface area contributed by atoms with Gasteiger partial charge in [0.15, 0.2) is 0 Å². The second-order valence-electron chi connectivity index (χ2n) is 3.12. The van der Waals surface area contributed by atoms with Gasteiger partial charge >= 0.3 is 0 Å². The van der Waals surface area contributed by atoms with Crippen LogP contribution in [0.1, 0.15) is 65.2 Å². The first-order valence-electron chi connectivity index (χ1n) is 5.49. The van der Waals surface area contributed by atoms with E-state index < -0.39 is 0 Å². The van der Waals surface area contributed by atoms with Crippen LogP contribution in [0.4, 0.5) is 0 Å². The van der Waals surface area contributed by atoms with Gasteiger partial charge in [0.05, 0.1) is 0 Å². The highest BCUT2D eigenvalue weighted by atomic mass is 14.4. The Hall–Kier alpha value is -0.0400. The Balaban J connectivity index is 0. The normalized spacial score (nSPS) is 9.00. The van der Waals surface area contributed by atoms with Gasteiger partial charge in [0.1, 0.15) is 0 Å². The molecular weight excluding hydrogens is 146 g/mol. The van der Waals surface area contributed by atoms with Gasteiger partial charge in [0.2, 0.25) is 0 Å². The minimum Gasteiger partial charge on any atom is -0.333 e. The average Bonchev–Trinajstić information content (AvgIpc) is 2.15. The molecule has 0 amide bonds. The highest BCUT2D eigenvalue weighted by molar-refractivity contribution is 4.43. The van der Waals surface area contributed by atoms with Gasteiger partial charge in [-0.05, 0) is 7.05 Å². The fraction of sp³-hybridized carbons (Fsp3) is 1.00. The zero-order valence-corrected chi connectivity index (χ0v) is 9.23. The van der Waals surface area contributed by atoms with Crippen LogP contribution in [-0.4, -0.2) is 7.05 Å². The molecule has 0 fully saturated rings. The molecular formula is C11H27N. The number of hydrogen-bond donors (Lipinski definition) is 1. The molecule has 0 spiro atoms. The maximum Gasteiger partial charge on any atom is -0.0195 e. The topological polar surface area (TPSA) is 26.0 Å². The predicted octanol–water partition coefficient (Wildman–Crippen LogP) is 3.72. The summed E-state index contributed by atoms with van der Waals surface area (Å²) < 4.78 is 0. The zero-order chi connectivity index (χ0) is 9.66. The van der Waals surface area contributed by atoms with E-state index >= 15 is 0 Å². The van der Waals surface area contributed by atoms with Gasteiger partial charge in [0.25, 0.3) is 0 Å². The molecule has 12 heavy (non-hydrogen) atoms. The van der Waals surface area contributed by atoms with Crippen molar-refractivity contribution in [3.63, 3.8) is 0 Å². The Morgan fingerprint density at radius 1 is 0.583 bits per heavy atom. The third-order valence-corrected chi connectivity index (χ3v) is 1.96. The van der Waals surface area contributed by atoms with Gasteiger partial charge in [-0.25, -0.2) is 0 Å². The molecule has 0 aromatic rings. The van der Waals surface area contributed by atoms with Gasteiger partial charge < -0.3 is 5.73 Å². The second kappa shape index (κ2) is 17.2. The van der Waals surface area contributed by atoms with Crippen molar-refractivity contribution in [2.24, 2.45) is 5.73 Å². The fourth-order valence-corrected chi connectivity index (χ4v) is 1.21. The molecule has 0 aliphatic heterocycles. The minimum absolute atomic E-state index is 1.37. The van der Waals surface area contributed by atoms with Crippen LogP contribution in [0.25, 0.3) is 0 Å². The van der Waals surface area contributed by atoms with E-state index in [0.29, 0.717) is 0 Å². The molecule has 0 rings (SSSR count). The van der Waals surface area contributed by atoms with Crippen molar-refractivity contribution in [2.45, 2.75) is 65.2 Å². The molecule has 1 nitrogen and oxygen atoms in total. The lowest BCUT2D eigenvalue weighted by atomic mass is 10.1. The fourth-order valence-electron chi connectivity index (χ4n) is 1.21. The minimum atomic E-state index is 1.37. The monoisotopic (exact) mass is 173 g/mol. The average molecular weight is 173 g/mol. The Labute approximate surface area is 78.7 Å². The SMILES string of the molecule is CCCCCCCCCC.CN. The molecule has 76 valence electrons. The van der Waals surface area contributed by atoms with Crippen molar-refractivity contribution in [1.29, 1.82) is 0 Å². The quantitative estimate of drug-likeness (QED) is 0.583. The molecule has 0 bridgehead atoms. The lowest BCUT2D eigenvalue weighted by Crippen LogP contribution is -1.77. The van der Waals surface area contributed by atoms with E-state index in [2.05, 4.69) is 19.6 Å². The molecule has 0 atom stereocenters. The van der Waals surface area contributed by atoms with E-state index in [0.717, 1.165) is 0 Å². The van der Waals surface area contributed by atoms with Crippen molar-refractivity contribution < 1.29 is 0 Å². The summed E-state index contributed by atoms with van der Waals surface area (Å²) in [7, 11) is 1.50.